The summed E-state index contributed by atoms with van der Waals surface area (Å²) in [6, 6.07) is 0. The highest BCUT2D eigenvalue weighted by Crippen LogP contribution is 2.42. The van der Waals surface area contributed by atoms with Crippen LogP contribution in [0.2, 0.25) is 0 Å². The number of aromatic nitrogens is 1. The van der Waals surface area contributed by atoms with Gasteiger partial charge in [-0.3, -0.25) is 4.98 Å². The molecule has 0 spiro atoms. The molecule has 0 bridgehead atoms. The van der Waals surface area contributed by atoms with Gasteiger partial charge >= 0.3 is 12.5 Å². The first-order valence-electron chi connectivity index (χ1n) is 4.36. The normalized spacial score (nSPS) is 12.6. The summed E-state index contributed by atoms with van der Waals surface area (Å²) < 4.78 is 77.3. The van der Waals surface area contributed by atoms with Gasteiger partial charge < -0.3 is 16.2 Å². The van der Waals surface area contributed by atoms with Crippen molar-refractivity contribution in [1.29, 1.82) is 0 Å². The quantitative estimate of drug-likeness (QED) is 0.810. The summed E-state index contributed by atoms with van der Waals surface area (Å²) in [5.74, 6) is -1.52. The van der Waals surface area contributed by atoms with Gasteiger partial charge in [0, 0.05) is 6.54 Å². The highest BCUT2D eigenvalue weighted by molar-refractivity contribution is 5.56. The summed E-state index contributed by atoms with van der Waals surface area (Å²) in [5.41, 5.74) is 6.59. The first-order valence-corrected chi connectivity index (χ1v) is 4.36. The van der Waals surface area contributed by atoms with Gasteiger partial charge in [0.05, 0.1) is 17.6 Å². The first kappa shape index (κ1) is 14.4. The predicted octanol–water partition coefficient (Wildman–Crippen LogP) is 2.04. The van der Waals surface area contributed by atoms with E-state index in [9.17, 15) is 26.3 Å². The highest BCUT2D eigenvalue weighted by atomic mass is 19.4. The van der Waals surface area contributed by atoms with Crippen LogP contribution >= 0.6 is 0 Å². The van der Waals surface area contributed by atoms with Crippen molar-refractivity contribution in [2.45, 2.75) is 19.1 Å². The third-order valence-corrected chi connectivity index (χ3v) is 1.83. The molecule has 1 rings (SSSR count). The minimum atomic E-state index is -5.31. The lowest BCUT2D eigenvalue weighted by Crippen LogP contribution is -2.23. The van der Waals surface area contributed by atoms with Crippen LogP contribution in [0.3, 0.4) is 0 Å². The van der Waals surface area contributed by atoms with Gasteiger partial charge in [0.15, 0.2) is 5.75 Å². The molecule has 1 aromatic rings. The van der Waals surface area contributed by atoms with E-state index in [0.717, 1.165) is 0 Å². The van der Waals surface area contributed by atoms with Crippen LogP contribution in [0, 0.1) is 0 Å². The number of rotatable bonds is 2. The van der Waals surface area contributed by atoms with Crippen LogP contribution < -0.4 is 16.2 Å². The van der Waals surface area contributed by atoms with Crippen molar-refractivity contribution in [2.24, 2.45) is 5.73 Å². The Balaban J connectivity index is 3.47. The van der Waals surface area contributed by atoms with Crippen molar-refractivity contribution in [2.75, 3.05) is 5.73 Å². The van der Waals surface area contributed by atoms with Crippen LogP contribution in [0.1, 0.15) is 11.3 Å². The van der Waals surface area contributed by atoms with Crippen LogP contribution in [0.4, 0.5) is 32.0 Å². The Hall–Kier alpha value is -1.71. The lowest BCUT2D eigenvalue weighted by molar-refractivity contribution is -0.276. The first-order chi connectivity index (χ1) is 8.06. The smallest absolute Gasteiger partial charge is 0.403 e. The van der Waals surface area contributed by atoms with E-state index in [1.807, 2.05) is 0 Å². The number of alkyl halides is 6. The molecular weight excluding hydrogens is 268 g/mol. The van der Waals surface area contributed by atoms with Crippen molar-refractivity contribution in [3.05, 3.63) is 17.5 Å². The maximum atomic E-state index is 12.6. The zero-order valence-electron chi connectivity index (χ0n) is 8.56. The second-order valence-corrected chi connectivity index (χ2v) is 3.11. The van der Waals surface area contributed by atoms with Crippen molar-refractivity contribution in [1.82, 2.24) is 4.98 Å². The summed E-state index contributed by atoms with van der Waals surface area (Å²) in [5, 5.41) is 0. The molecule has 0 saturated heterocycles. The van der Waals surface area contributed by atoms with Crippen molar-refractivity contribution < 1.29 is 31.1 Å². The molecule has 18 heavy (non-hydrogen) atoms. The highest BCUT2D eigenvalue weighted by Gasteiger charge is 2.42. The molecule has 0 aliphatic heterocycles. The van der Waals surface area contributed by atoms with Crippen LogP contribution in [0.25, 0.3) is 0 Å². The fraction of sp³-hybridized carbons (Fsp3) is 0.375. The summed E-state index contributed by atoms with van der Waals surface area (Å²) in [6.45, 7) is -0.658. The zero-order valence-corrected chi connectivity index (χ0v) is 8.56. The number of nitrogens with zero attached hydrogens (tertiary/aromatic N) is 1. The lowest BCUT2D eigenvalue weighted by atomic mass is 10.1. The molecular formula is C8H7F6N3O. The summed E-state index contributed by atoms with van der Waals surface area (Å²) in [7, 11) is 0. The minimum absolute atomic E-state index is 0.578. The van der Waals surface area contributed by atoms with E-state index in [4.69, 9.17) is 11.5 Å². The number of nitrogen functional groups attached to an aromatic ring is 1. The lowest BCUT2D eigenvalue weighted by Gasteiger charge is -2.18. The van der Waals surface area contributed by atoms with E-state index < -0.39 is 41.8 Å². The Morgan fingerprint density at radius 2 is 1.72 bits per heavy atom. The van der Waals surface area contributed by atoms with Crippen molar-refractivity contribution >= 4 is 5.69 Å². The predicted molar refractivity (Wildman–Crippen MR) is 48.2 cm³/mol. The van der Waals surface area contributed by atoms with Crippen LogP contribution in [0.5, 0.6) is 5.75 Å². The third kappa shape index (κ3) is 3.15. The van der Waals surface area contributed by atoms with E-state index >= 15 is 0 Å². The molecule has 1 aromatic heterocycles. The second-order valence-electron chi connectivity index (χ2n) is 3.11. The topological polar surface area (TPSA) is 74.2 Å². The van der Waals surface area contributed by atoms with Gasteiger partial charge in [0.1, 0.15) is 5.56 Å². The zero-order chi connectivity index (χ0) is 14.1. The van der Waals surface area contributed by atoms with E-state index in [1.165, 1.54) is 0 Å². The molecule has 102 valence electrons. The molecule has 0 atom stereocenters. The number of hydrogen-bond donors (Lipinski definition) is 2. The maximum absolute atomic E-state index is 12.6. The SMILES string of the molecule is NCc1ncc(N)c(C(F)(F)F)c1OC(F)(F)F. The molecule has 1 heterocycles. The Labute approximate surface area is 96.5 Å². The fourth-order valence-electron chi connectivity index (χ4n) is 1.21. The monoisotopic (exact) mass is 275 g/mol. The van der Waals surface area contributed by atoms with Gasteiger partial charge in [-0.05, 0) is 0 Å². The van der Waals surface area contributed by atoms with E-state index in [2.05, 4.69) is 9.72 Å². The molecule has 0 fully saturated rings. The second kappa shape index (κ2) is 4.52. The number of hydrogen-bond acceptors (Lipinski definition) is 4. The summed E-state index contributed by atoms with van der Waals surface area (Å²) in [4.78, 5) is 3.28. The van der Waals surface area contributed by atoms with Gasteiger partial charge in [-0.15, -0.1) is 13.2 Å². The largest absolute Gasteiger partial charge is 0.573 e. The molecule has 0 aromatic carbocycles. The molecule has 0 saturated carbocycles. The third-order valence-electron chi connectivity index (χ3n) is 1.83. The van der Waals surface area contributed by atoms with Gasteiger partial charge in [-0.2, -0.15) is 13.2 Å². The average molecular weight is 275 g/mol. The number of halogens is 6. The van der Waals surface area contributed by atoms with Gasteiger partial charge in [0.25, 0.3) is 0 Å². The fourth-order valence-corrected chi connectivity index (χ4v) is 1.21. The Bertz CT molecular complexity index is 442. The molecule has 0 aliphatic carbocycles. The Kier molecular flexibility index (Phi) is 3.60. The minimum Gasteiger partial charge on any atom is -0.403 e. The van der Waals surface area contributed by atoms with Gasteiger partial charge in [-0.25, -0.2) is 0 Å². The van der Waals surface area contributed by atoms with E-state index in [1.54, 1.807) is 0 Å². The molecule has 4 nitrogen and oxygen atoms in total. The van der Waals surface area contributed by atoms with Crippen LogP contribution in [-0.4, -0.2) is 11.3 Å². The molecule has 10 heteroatoms. The molecule has 0 radical (unpaired) electrons. The number of nitrogens with two attached hydrogens (primary N) is 2. The molecule has 0 aliphatic rings. The molecule has 0 unspecified atom stereocenters. The summed E-state index contributed by atoms with van der Waals surface area (Å²) >= 11 is 0. The maximum Gasteiger partial charge on any atom is 0.573 e. The van der Waals surface area contributed by atoms with Crippen molar-refractivity contribution in [3.8, 4) is 5.75 Å². The summed E-state index contributed by atoms with van der Waals surface area (Å²) in [6.07, 6.45) is -9.84. The van der Waals surface area contributed by atoms with Crippen LogP contribution in [-0.2, 0) is 12.7 Å². The van der Waals surface area contributed by atoms with E-state index in [-0.39, 0.29) is 0 Å². The van der Waals surface area contributed by atoms with Gasteiger partial charge in [0.2, 0.25) is 0 Å². The number of pyridine rings is 1. The number of anilines is 1. The standard InChI is InChI=1S/C8H7F6N3O/c9-7(10,11)5-3(16)2-17-4(1-15)6(5)18-8(12,13)14/h2H,1,15-16H2. The Morgan fingerprint density at radius 3 is 2.11 bits per heavy atom. The van der Waals surface area contributed by atoms with Gasteiger partial charge in [-0.1, -0.05) is 0 Å². The van der Waals surface area contributed by atoms with Crippen molar-refractivity contribution in [3.63, 3.8) is 0 Å². The Morgan fingerprint density at radius 1 is 1.17 bits per heavy atom. The number of ether oxygens (including phenoxy) is 1. The molecule has 0 amide bonds. The van der Waals surface area contributed by atoms with Crippen LogP contribution in [0.15, 0.2) is 6.20 Å². The molecule has 4 N–H and O–H groups in total. The average Bonchev–Trinajstić information content (AvgIpc) is 2.13. The van der Waals surface area contributed by atoms with E-state index in [0.29, 0.717) is 6.20 Å².